The number of anilines is 1. The van der Waals surface area contributed by atoms with Gasteiger partial charge in [0.05, 0.1) is 18.0 Å². The third kappa shape index (κ3) is 3.94. The number of hydrogen-bond acceptors (Lipinski definition) is 4. The fourth-order valence-electron chi connectivity index (χ4n) is 4.18. The number of carbonyl (C=O) groups excluding carboxylic acids is 1. The van der Waals surface area contributed by atoms with Gasteiger partial charge in [-0.05, 0) is 47.9 Å². The Balaban J connectivity index is 1.33. The van der Waals surface area contributed by atoms with Crippen molar-refractivity contribution in [2.75, 3.05) is 11.9 Å². The Morgan fingerprint density at radius 2 is 1.91 bits per heavy atom. The second-order valence-corrected chi connectivity index (χ2v) is 8.05. The molecule has 3 heterocycles. The van der Waals surface area contributed by atoms with Crippen LogP contribution in [0.25, 0.3) is 10.8 Å². The van der Waals surface area contributed by atoms with Crippen LogP contribution in [-0.4, -0.2) is 27.4 Å². The van der Waals surface area contributed by atoms with E-state index >= 15 is 0 Å². The topological polar surface area (TPSA) is 70.4 Å². The smallest absolute Gasteiger partial charge is 0.226 e. The van der Waals surface area contributed by atoms with E-state index in [2.05, 4.69) is 15.6 Å². The minimum Gasteiger partial charge on any atom is -0.467 e. The molecule has 0 unspecified atom stereocenters. The van der Waals surface area contributed by atoms with Gasteiger partial charge < -0.3 is 20.0 Å². The number of hydrogen-bond donors (Lipinski definition) is 2. The number of nitrogens with one attached hydrogen (secondary N) is 2. The van der Waals surface area contributed by atoms with Crippen molar-refractivity contribution in [1.82, 2.24) is 15.2 Å². The zero-order valence-electron chi connectivity index (χ0n) is 17.3. The fourth-order valence-corrected chi connectivity index (χ4v) is 4.52. The lowest BCUT2D eigenvalue weighted by atomic mass is 10.0. The van der Waals surface area contributed by atoms with E-state index in [0.29, 0.717) is 11.7 Å². The Bertz CT molecular complexity index is 1240. The van der Waals surface area contributed by atoms with Crippen LogP contribution in [-0.2, 0) is 4.79 Å². The molecule has 0 spiro atoms. The molecule has 0 saturated carbocycles. The zero-order valence-corrected chi connectivity index (χ0v) is 18.1. The summed E-state index contributed by atoms with van der Waals surface area (Å²) >= 11 is 5.63. The monoisotopic (exact) mass is 442 g/mol. The molecular weight excluding hydrogens is 420 g/mol. The van der Waals surface area contributed by atoms with Gasteiger partial charge in [0.15, 0.2) is 5.11 Å². The molecule has 1 aliphatic rings. The van der Waals surface area contributed by atoms with Crippen LogP contribution in [0.4, 0.5) is 5.69 Å². The van der Waals surface area contributed by atoms with E-state index in [4.69, 9.17) is 16.6 Å². The van der Waals surface area contributed by atoms with Crippen molar-refractivity contribution < 1.29 is 9.21 Å². The lowest BCUT2D eigenvalue weighted by molar-refractivity contribution is -0.116. The summed E-state index contributed by atoms with van der Waals surface area (Å²) in [5.41, 5.74) is 1.68. The van der Waals surface area contributed by atoms with E-state index in [1.54, 1.807) is 12.5 Å². The van der Waals surface area contributed by atoms with Crippen LogP contribution in [0.5, 0.6) is 0 Å². The molecule has 4 aromatic rings. The van der Waals surface area contributed by atoms with Gasteiger partial charge in [0.25, 0.3) is 0 Å². The molecule has 32 heavy (non-hydrogen) atoms. The number of thiocarbonyl (C=S) groups is 1. The number of pyridine rings is 1. The molecule has 7 heteroatoms. The first kappa shape index (κ1) is 20.2. The Morgan fingerprint density at radius 3 is 2.72 bits per heavy atom. The molecule has 2 aromatic heterocycles. The van der Waals surface area contributed by atoms with E-state index in [-0.39, 0.29) is 24.4 Å². The average Bonchev–Trinajstić information content (AvgIpc) is 3.46. The van der Waals surface area contributed by atoms with Crippen molar-refractivity contribution in [2.45, 2.75) is 18.5 Å². The van der Waals surface area contributed by atoms with Crippen molar-refractivity contribution in [3.8, 4) is 0 Å². The number of fused-ring (bicyclic) bond motifs is 1. The van der Waals surface area contributed by atoms with Crippen LogP contribution in [0.15, 0.2) is 89.7 Å². The van der Waals surface area contributed by atoms with E-state index < -0.39 is 0 Å². The predicted octanol–water partition coefficient (Wildman–Crippen LogP) is 4.83. The average molecular weight is 443 g/mol. The van der Waals surface area contributed by atoms with Crippen LogP contribution >= 0.6 is 12.2 Å². The highest BCUT2D eigenvalue weighted by Crippen LogP contribution is 2.38. The quantitative estimate of drug-likeness (QED) is 0.417. The first-order valence-corrected chi connectivity index (χ1v) is 10.9. The second-order valence-electron chi connectivity index (χ2n) is 7.66. The summed E-state index contributed by atoms with van der Waals surface area (Å²) < 4.78 is 5.73. The molecule has 0 bridgehead atoms. The first-order valence-electron chi connectivity index (χ1n) is 10.5. The largest absolute Gasteiger partial charge is 0.467 e. The molecule has 6 nitrogen and oxygen atoms in total. The van der Waals surface area contributed by atoms with Crippen molar-refractivity contribution in [3.63, 3.8) is 0 Å². The molecular formula is C25H22N4O2S. The van der Waals surface area contributed by atoms with E-state index in [9.17, 15) is 4.79 Å². The van der Waals surface area contributed by atoms with Crippen molar-refractivity contribution in [3.05, 3.63) is 96.7 Å². The predicted molar refractivity (Wildman–Crippen MR) is 128 cm³/mol. The third-order valence-electron chi connectivity index (χ3n) is 5.68. The van der Waals surface area contributed by atoms with Crippen molar-refractivity contribution >= 4 is 39.7 Å². The van der Waals surface area contributed by atoms with Gasteiger partial charge in [0.1, 0.15) is 11.8 Å². The molecule has 0 radical (unpaired) electrons. The number of rotatable bonds is 6. The summed E-state index contributed by atoms with van der Waals surface area (Å²) in [6, 6.07) is 23.1. The van der Waals surface area contributed by atoms with Gasteiger partial charge in [-0.25, -0.2) is 0 Å². The summed E-state index contributed by atoms with van der Waals surface area (Å²) in [4.78, 5) is 19.3. The number of furan rings is 1. The maximum absolute atomic E-state index is 12.8. The lowest BCUT2D eigenvalue weighted by Gasteiger charge is -2.25. The fraction of sp³-hybridized carbons (Fsp3) is 0.160. The van der Waals surface area contributed by atoms with Gasteiger partial charge >= 0.3 is 0 Å². The highest BCUT2D eigenvalue weighted by molar-refractivity contribution is 7.80. The Morgan fingerprint density at radius 1 is 1.06 bits per heavy atom. The SMILES string of the molecule is O=C(CCN1C(=S)N[C@@H](c2ccccn2)[C@H]1c1ccco1)Nc1cccc2ccccc12. The molecule has 160 valence electrons. The van der Waals surface area contributed by atoms with Crippen LogP contribution in [0, 0.1) is 0 Å². The van der Waals surface area contributed by atoms with E-state index in [1.165, 1.54) is 0 Å². The van der Waals surface area contributed by atoms with Crippen LogP contribution in [0.2, 0.25) is 0 Å². The van der Waals surface area contributed by atoms with Crippen LogP contribution < -0.4 is 10.6 Å². The number of amides is 1. The molecule has 1 saturated heterocycles. The first-order chi connectivity index (χ1) is 15.7. The minimum atomic E-state index is -0.183. The van der Waals surface area contributed by atoms with Gasteiger partial charge in [-0.15, -0.1) is 0 Å². The number of aromatic nitrogens is 1. The Hall–Kier alpha value is -3.71. The molecule has 2 N–H and O–H groups in total. The molecule has 1 fully saturated rings. The summed E-state index contributed by atoms with van der Waals surface area (Å²) in [6.45, 7) is 0.455. The third-order valence-corrected chi connectivity index (χ3v) is 6.03. The molecule has 0 aliphatic carbocycles. The zero-order chi connectivity index (χ0) is 21.9. The highest BCUT2D eigenvalue weighted by atomic mass is 32.1. The normalized spacial score (nSPS) is 18.0. The van der Waals surface area contributed by atoms with E-state index in [1.807, 2.05) is 77.7 Å². The maximum atomic E-state index is 12.8. The molecule has 2 atom stereocenters. The van der Waals surface area contributed by atoms with Gasteiger partial charge in [-0.1, -0.05) is 42.5 Å². The highest BCUT2D eigenvalue weighted by Gasteiger charge is 2.41. The molecule has 2 aromatic carbocycles. The summed E-state index contributed by atoms with van der Waals surface area (Å²) in [7, 11) is 0. The van der Waals surface area contributed by atoms with Gasteiger partial charge in [-0.3, -0.25) is 9.78 Å². The van der Waals surface area contributed by atoms with Gasteiger partial charge in [0, 0.05) is 30.2 Å². The lowest BCUT2D eigenvalue weighted by Crippen LogP contribution is -2.32. The molecule has 1 amide bonds. The maximum Gasteiger partial charge on any atom is 0.226 e. The summed E-state index contributed by atoms with van der Waals surface area (Å²) in [6.07, 6.45) is 3.70. The Labute approximate surface area is 191 Å². The summed E-state index contributed by atoms with van der Waals surface area (Å²) in [5, 5.41) is 9.10. The van der Waals surface area contributed by atoms with Crippen LogP contribution in [0.1, 0.15) is 30.0 Å². The van der Waals surface area contributed by atoms with Crippen molar-refractivity contribution in [1.29, 1.82) is 0 Å². The standard InChI is InChI=1S/C25H22N4O2S/c30-22(27-19-11-5-8-17-7-1-2-9-18(17)19)13-15-29-24(21-12-6-16-31-21)23(28-25(29)32)20-10-3-4-14-26-20/h1-12,14,16,23-24H,13,15H2,(H,27,30)(H,28,32)/t23-,24+/m0/s1. The van der Waals surface area contributed by atoms with Crippen molar-refractivity contribution in [2.24, 2.45) is 0 Å². The van der Waals surface area contributed by atoms with Crippen LogP contribution in [0.3, 0.4) is 0 Å². The number of nitrogens with zero attached hydrogens (tertiary/aromatic N) is 2. The van der Waals surface area contributed by atoms with Gasteiger partial charge in [-0.2, -0.15) is 0 Å². The Kier molecular flexibility index (Phi) is 5.56. The number of carbonyl (C=O) groups is 1. The second kappa shape index (κ2) is 8.80. The molecule has 5 rings (SSSR count). The van der Waals surface area contributed by atoms with E-state index in [0.717, 1.165) is 27.9 Å². The van der Waals surface area contributed by atoms with Gasteiger partial charge in [0.2, 0.25) is 5.91 Å². The number of benzene rings is 2. The molecule has 1 aliphatic heterocycles. The summed E-state index contributed by atoms with van der Waals surface area (Å²) in [5.74, 6) is 0.714. The minimum absolute atomic E-state index is 0.0661.